The van der Waals surface area contributed by atoms with Crippen molar-refractivity contribution in [1.29, 1.82) is 0 Å². The van der Waals surface area contributed by atoms with Gasteiger partial charge >= 0.3 is 6.18 Å². The second kappa shape index (κ2) is 4.97. The lowest BCUT2D eigenvalue weighted by Gasteiger charge is -2.33. The largest absolute Gasteiger partial charge is 0.417 e. The van der Waals surface area contributed by atoms with Crippen LogP contribution in [-0.2, 0) is 6.18 Å². The van der Waals surface area contributed by atoms with Gasteiger partial charge in [-0.15, -0.1) is 0 Å². The smallest absolute Gasteiger partial charge is 0.370 e. The van der Waals surface area contributed by atoms with Gasteiger partial charge in [0.2, 0.25) is 0 Å². The summed E-state index contributed by atoms with van der Waals surface area (Å²) < 4.78 is 38.2. The van der Waals surface area contributed by atoms with E-state index in [1.807, 2.05) is 4.90 Å². The molecule has 1 saturated heterocycles. The van der Waals surface area contributed by atoms with Gasteiger partial charge in [-0.25, -0.2) is 0 Å². The first-order valence-electron chi connectivity index (χ1n) is 5.75. The second-order valence-corrected chi connectivity index (χ2v) is 4.92. The maximum absolute atomic E-state index is 12.7. The molecule has 0 amide bonds. The third kappa shape index (κ3) is 2.90. The van der Waals surface area contributed by atoms with Crippen LogP contribution in [0.1, 0.15) is 18.4 Å². The van der Waals surface area contributed by atoms with Crippen LogP contribution in [0.15, 0.2) is 18.2 Å². The van der Waals surface area contributed by atoms with Gasteiger partial charge in [0.15, 0.2) is 0 Å². The molecule has 1 unspecified atom stereocenters. The molecule has 6 heteroatoms. The highest BCUT2D eigenvalue weighted by molar-refractivity contribution is 6.31. The van der Waals surface area contributed by atoms with Crippen molar-refractivity contribution in [2.24, 2.45) is 5.73 Å². The summed E-state index contributed by atoms with van der Waals surface area (Å²) in [6.45, 7) is 1.31. The quantitative estimate of drug-likeness (QED) is 0.854. The summed E-state index contributed by atoms with van der Waals surface area (Å²) in [6.07, 6.45) is -2.62. The van der Waals surface area contributed by atoms with E-state index in [0.717, 1.165) is 25.5 Å². The number of hydrogen-bond donors (Lipinski definition) is 1. The fourth-order valence-corrected chi connectivity index (χ4v) is 2.40. The van der Waals surface area contributed by atoms with Crippen LogP contribution in [0.3, 0.4) is 0 Å². The summed E-state index contributed by atoms with van der Waals surface area (Å²) in [5.41, 5.74) is 5.56. The Balaban J connectivity index is 2.29. The van der Waals surface area contributed by atoms with Crippen molar-refractivity contribution >= 4 is 17.3 Å². The van der Waals surface area contributed by atoms with Crippen LogP contribution in [0.2, 0.25) is 5.02 Å². The molecule has 0 saturated carbocycles. The number of halogens is 4. The average molecular weight is 279 g/mol. The number of rotatable bonds is 1. The van der Waals surface area contributed by atoms with Crippen molar-refractivity contribution in [3.8, 4) is 0 Å². The fourth-order valence-electron chi connectivity index (χ4n) is 2.17. The highest BCUT2D eigenvalue weighted by Gasteiger charge is 2.34. The number of nitrogens with two attached hydrogens (primary N) is 1. The van der Waals surface area contributed by atoms with Crippen molar-refractivity contribution in [3.05, 3.63) is 28.8 Å². The lowest BCUT2D eigenvalue weighted by Crippen LogP contribution is -2.42. The normalized spacial score (nSPS) is 21.2. The first-order chi connectivity index (χ1) is 8.38. The molecule has 100 valence electrons. The van der Waals surface area contributed by atoms with Crippen molar-refractivity contribution in [3.63, 3.8) is 0 Å². The molecule has 1 aliphatic heterocycles. The number of nitrogens with zero attached hydrogens (tertiary/aromatic N) is 1. The Hall–Kier alpha value is -0.940. The molecular weight excluding hydrogens is 265 g/mol. The summed E-state index contributed by atoms with van der Waals surface area (Å²) in [5, 5.41) is -0.271. The summed E-state index contributed by atoms with van der Waals surface area (Å²) in [7, 11) is 0. The minimum absolute atomic E-state index is 0.0174. The minimum Gasteiger partial charge on any atom is -0.370 e. The molecule has 1 atom stereocenters. The molecule has 0 spiro atoms. The van der Waals surface area contributed by atoms with E-state index in [0.29, 0.717) is 12.2 Å². The molecule has 1 fully saturated rings. The number of piperidine rings is 1. The zero-order valence-corrected chi connectivity index (χ0v) is 10.4. The van der Waals surface area contributed by atoms with Crippen molar-refractivity contribution in [2.75, 3.05) is 18.0 Å². The van der Waals surface area contributed by atoms with Crippen LogP contribution in [0, 0.1) is 0 Å². The molecule has 0 aliphatic carbocycles. The van der Waals surface area contributed by atoms with E-state index in [2.05, 4.69) is 0 Å². The van der Waals surface area contributed by atoms with E-state index >= 15 is 0 Å². The molecule has 0 radical (unpaired) electrons. The van der Waals surface area contributed by atoms with Gasteiger partial charge in [-0.05, 0) is 31.0 Å². The molecule has 0 aromatic heterocycles. The number of hydrogen-bond acceptors (Lipinski definition) is 2. The van der Waals surface area contributed by atoms with E-state index in [4.69, 9.17) is 17.3 Å². The van der Waals surface area contributed by atoms with E-state index < -0.39 is 11.7 Å². The van der Waals surface area contributed by atoms with Crippen LogP contribution < -0.4 is 10.6 Å². The van der Waals surface area contributed by atoms with E-state index in [9.17, 15) is 13.2 Å². The fraction of sp³-hybridized carbons (Fsp3) is 0.500. The van der Waals surface area contributed by atoms with Gasteiger partial charge in [-0.2, -0.15) is 13.2 Å². The van der Waals surface area contributed by atoms with Crippen LogP contribution in [0.25, 0.3) is 0 Å². The summed E-state index contributed by atoms with van der Waals surface area (Å²) in [6, 6.07) is 4.01. The van der Waals surface area contributed by atoms with Gasteiger partial charge in [0, 0.05) is 24.8 Å². The van der Waals surface area contributed by atoms with Crippen LogP contribution in [-0.4, -0.2) is 19.1 Å². The Morgan fingerprint density at radius 3 is 2.67 bits per heavy atom. The highest BCUT2D eigenvalue weighted by Crippen LogP contribution is 2.37. The van der Waals surface area contributed by atoms with Gasteiger partial charge < -0.3 is 10.6 Å². The Kier molecular flexibility index (Phi) is 3.73. The summed E-state index contributed by atoms with van der Waals surface area (Å²) in [4.78, 5) is 1.87. The maximum Gasteiger partial charge on any atom is 0.417 e. The molecule has 2 nitrogen and oxygen atoms in total. The molecule has 1 aliphatic rings. The zero-order valence-electron chi connectivity index (χ0n) is 9.67. The standard InChI is InChI=1S/C12H14ClF3N2/c13-11-4-3-9(6-10(11)12(14,15)16)18-5-1-2-8(17)7-18/h3-4,6,8H,1-2,5,7,17H2. The molecule has 2 N–H and O–H groups in total. The monoisotopic (exact) mass is 278 g/mol. The predicted octanol–water partition coefficient (Wildman–Crippen LogP) is 3.29. The Morgan fingerprint density at radius 1 is 1.33 bits per heavy atom. The predicted molar refractivity (Wildman–Crippen MR) is 65.9 cm³/mol. The Bertz CT molecular complexity index is 434. The first-order valence-corrected chi connectivity index (χ1v) is 6.13. The zero-order chi connectivity index (χ0) is 13.3. The summed E-state index contributed by atoms with van der Waals surface area (Å²) >= 11 is 5.59. The van der Waals surface area contributed by atoms with Gasteiger partial charge in [0.05, 0.1) is 10.6 Å². The van der Waals surface area contributed by atoms with E-state index in [-0.39, 0.29) is 11.1 Å². The Labute approximate surface area is 109 Å². The molecule has 1 aromatic carbocycles. The van der Waals surface area contributed by atoms with Crippen LogP contribution in [0.4, 0.5) is 18.9 Å². The lowest BCUT2D eigenvalue weighted by molar-refractivity contribution is -0.137. The third-order valence-corrected chi connectivity index (χ3v) is 3.41. The van der Waals surface area contributed by atoms with Crippen LogP contribution >= 0.6 is 11.6 Å². The van der Waals surface area contributed by atoms with Crippen molar-refractivity contribution in [1.82, 2.24) is 0 Å². The van der Waals surface area contributed by atoms with E-state index in [1.165, 1.54) is 6.07 Å². The van der Waals surface area contributed by atoms with Crippen LogP contribution in [0.5, 0.6) is 0 Å². The first kappa shape index (κ1) is 13.5. The van der Waals surface area contributed by atoms with Gasteiger partial charge in [-0.1, -0.05) is 11.6 Å². The van der Waals surface area contributed by atoms with E-state index in [1.54, 1.807) is 6.07 Å². The molecule has 2 rings (SSSR count). The minimum atomic E-state index is -4.43. The van der Waals surface area contributed by atoms with Gasteiger partial charge in [0.1, 0.15) is 0 Å². The Morgan fingerprint density at radius 2 is 2.06 bits per heavy atom. The van der Waals surface area contributed by atoms with Gasteiger partial charge in [0.25, 0.3) is 0 Å². The average Bonchev–Trinajstić information content (AvgIpc) is 2.28. The number of alkyl halides is 3. The molecular formula is C12H14ClF3N2. The topological polar surface area (TPSA) is 29.3 Å². The molecule has 1 heterocycles. The maximum atomic E-state index is 12.7. The van der Waals surface area contributed by atoms with Crippen molar-refractivity contribution < 1.29 is 13.2 Å². The summed E-state index contributed by atoms with van der Waals surface area (Å²) in [5.74, 6) is 0. The number of benzene rings is 1. The second-order valence-electron chi connectivity index (χ2n) is 4.51. The third-order valence-electron chi connectivity index (χ3n) is 3.08. The lowest BCUT2D eigenvalue weighted by atomic mass is 10.1. The molecule has 18 heavy (non-hydrogen) atoms. The highest BCUT2D eigenvalue weighted by atomic mass is 35.5. The van der Waals surface area contributed by atoms with Gasteiger partial charge in [-0.3, -0.25) is 0 Å². The molecule has 1 aromatic rings. The SMILES string of the molecule is NC1CCCN(c2ccc(Cl)c(C(F)(F)F)c2)C1. The number of anilines is 1. The molecule has 0 bridgehead atoms. The van der Waals surface area contributed by atoms with Crippen molar-refractivity contribution in [2.45, 2.75) is 25.1 Å².